The molecule has 0 amide bonds. The molecule has 4 N–H and O–H groups in total. The molecule has 0 saturated carbocycles. The molecule has 1 aromatic carbocycles. The standard InChI is InChI=1S/C13H16O7/c14-6-8(15)11-9(16)10(17)13(19-11)20-12(18)7-4-2-1-3-5-7/h1-5,8-11,13-17H,6H2/t8-,9-,10-,11-,13-/m0/s1. The Morgan fingerprint density at radius 2 is 1.90 bits per heavy atom. The van der Waals surface area contributed by atoms with Crippen molar-refractivity contribution in [3.8, 4) is 0 Å². The predicted molar refractivity (Wildman–Crippen MR) is 65.6 cm³/mol. The summed E-state index contributed by atoms with van der Waals surface area (Å²) in [6.07, 6.45) is -6.94. The third-order valence-corrected chi connectivity index (χ3v) is 3.06. The molecule has 2 rings (SSSR count). The zero-order chi connectivity index (χ0) is 14.7. The van der Waals surface area contributed by atoms with Gasteiger partial charge in [0, 0.05) is 0 Å². The number of ether oxygens (including phenoxy) is 2. The molecule has 0 bridgehead atoms. The smallest absolute Gasteiger partial charge is 0.340 e. The van der Waals surface area contributed by atoms with Gasteiger partial charge in [0.05, 0.1) is 12.2 Å². The summed E-state index contributed by atoms with van der Waals surface area (Å²) >= 11 is 0. The van der Waals surface area contributed by atoms with E-state index >= 15 is 0 Å². The third kappa shape index (κ3) is 2.97. The van der Waals surface area contributed by atoms with Crippen molar-refractivity contribution in [1.82, 2.24) is 0 Å². The highest BCUT2D eigenvalue weighted by Gasteiger charge is 2.47. The molecule has 0 radical (unpaired) electrons. The van der Waals surface area contributed by atoms with Crippen LogP contribution in [0.15, 0.2) is 30.3 Å². The summed E-state index contributed by atoms with van der Waals surface area (Å²) in [4.78, 5) is 11.8. The highest BCUT2D eigenvalue weighted by Crippen LogP contribution is 2.25. The van der Waals surface area contributed by atoms with Gasteiger partial charge in [0.2, 0.25) is 6.29 Å². The van der Waals surface area contributed by atoms with Gasteiger partial charge in [0.1, 0.15) is 24.4 Å². The molecule has 1 aliphatic rings. The first-order valence-electron chi connectivity index (χ1n) is 6.11. The fourth-order valence-electron chi connectivity index (χ4n) is 1.94. The summed E-state index contributed by atoms with van der Waals surface area (Å²) in [6, 6.07) is 8.08. The first kappa shape index (κ1) is 14.9. The van der Waals surface area contributed by atoms with Crippen molar-refractivity contribution in [2.75, 3.05) is 6.61 Å². The Morgan fingerprint density at radius 1 is 1.25 bits per heavy atom. The molecule has 20 heavy (non-hydrogen) atoms. The molecular formula is C13H16O7. The zero-order valence-electron chi connectivity index (χ0n) is 10.5. The van der Waals surface area contributed by atoms with Crippen LogP contribution in [-0.2, 0) is 9.47 Å². The largest absolute Gasteiger partial charge is 0.429 e. The lowest BCUT2D eigenvalue weighted by Crippen LogP contribution is -2.40. The van der Waals surface area contributed by atoms with Gasteiger partial charge < -0.3 is 29.9 Å². The average Bonchev–Trinajstić information content (AvgIpc) is 2.76. The van der Waals surface area contributed by atoms with Crippen LogP contribution in [0.1, 0.15) is 10.4 Å². The molecule has 1 fully saturated rings. The van der Waals surface area contributed by atoms with Gasteiger partial charge in [-0.1, -0.05) is 18.2 Å². The molecular weight excluding hydrogens is 268 g/mol. The van der Waals surface area contributed by atoms with Crippen LogP contribution in [0.5, 0.6) is 0 Å². The second-order valence-electron chi connectivity index (χ2n) is 4.47. The van der Waals surface area contributed by atoms with Crippen LogP contribution >= 0.6 is 0 Å². The first-order chi connectivity index (χ1) is 9.54. The highest BCUT2D eigenvalue weighted by atomic mass is 16.7. The molecule has 5 atom stereocenters. The minimum Gasteiger partial charge on any atom is -0.429 e. The molecule has 0 unspecified atom stereocenters. The van der Waals surface area contributed by atoms with E-state index < -0.39 is 43.3 Å². The minimum absolute atomic E-state index is 0.268. The average molecular weight is 284 g/mol. The number of carbonyl (C=O) groups excluding carboxylic acids is 1. The number of aliphatic hydroxyl groups excluding tert-OH is 4. The molecule has 7 heteroatoms. The van der Waals surface area contributed by atoms with Crippen LogP contribution in [0.25, 0.3) is 0 Å². The third-order valence-electron chi connectivity index (χ3n) is 3.06. The molecule has 7 nitrogen and oxygen atoms in total. The van der Waals surface area contributed by atoms with E-state index in [0.717, 1.165) is 0 Å². The molecule has 0 aromatic heterocycles. The Labute approximate surface area is 115 Å². The maximum absolute atomic E-state index is 11.8. The molecule has 110 valence electrons. The molecule has 1 aliphatic heterocycles. The normalized spacial score (nSPS) is 31.0. The summed E-state index contributed by atoms with van der Waals surface area (Å²) < 4.78 is 10.0. The second kappa shape index (κ2) is 6.29. The van der Waals surface area contributed by atoms with E-state index in [-0.39, 0.29) is 5.56 Å². The first-order valence-corrected chi connectivity index (χ1v) is 6.11. The van der Waals surface area contributed by atoms with Crippen molar-refractivity contribution in [3.63, 3.8) is 0 Å². The summed E-state index contributed by atoms with van der Waals surface area (Å²) in [5.74, 6) is -0.721. The lowest BCUT2D eigenvalue weighted by molar-refractivity contribution is -0.154. The Hall–Kier alpha value is -1.51. The SMILES string of the molecule is O=C(O[C@@H]1O[C@@H]([C@@H](O)CO)[C@@H](O)[C@@H]1O)c1ccccc1. The number of carbonyl (C=O) groups is 1. The second-order valence-corrected chi connectivity index (χ2v) is 4.47. The van der Waals surface area contributed by atoms with Crippen LogP contribution in [0.2, 0.25) is 0 Å². The van der Waals surface area contributed by atoms with Gasteiger partial charge in [-0.15, -0.1) is 0 Å². The summed E-state index contributed by atoms with van der Waals surface area (Å²) in [7, 11) is 0. The van der Waals surface area contributed by atoms with E-state index in [2.05, 4.69) is 0 Å². The Bertz CT molecular complexity index is 449. The van der Waals surface area contributed by atoms with Gasteiger partial charge >= 0.3 is 5.97 Å². The summed E-state index contributed by atoms with van der Waals surface area (Å²) in [6.45, 7) is -0.645. The van der Waals surface area contributed by atoms with Crippen LogP contribution in [0.4, 0.5) is 0 Å². The molecule has 1 aromatic rings. The van der Waals surface area contributed by atoms with Crippen molar-refractivity contribution < 1.29 is 34.7 Å². The fourth-order valence-corrected chi connectivity index (χ4v) is 1.94. The van der Waals surface area contributed by atoms with Gasteiger partial charge in [-0.3, -0.25) is 0 Å². The van der Waals surface area contributed by atoms with Crippen LogP contribution in [0.3, 0.4) is 0 Å². The summed E-state index contributed by atoms with van der Waals surface area (Å²) in [5.41, 5.74) is 0.268. The van der Waals surface area contributed by atoms with Gasteiger partial charge in [-0.25, -0.2) is 4.79 Å². The highest BCUT2D eigenvalue weighted by molar-refractivity contribution is 5.89. The van der Waals surface area contributed by atoms with Gasteiger partial charge in [-0.2, -0.15) is 0 Å². The lowest BCUT2D eigenvalue weighted by Gasteiger charge is -2.18. The van der Waals surface area contributed by atoms with Crippen LogP contribution < -0.4 is 0 Å². The summed E-state index contributed by atoms with van der Waals surface area (Å²) in [5, 5.41) is 37.6. The van der Waals surface area contributed by atoms with E-state index in [1.165, 1.54) is 12.1 Å². The number of hydrogen-bond donors (Lipinski definition) is 4. The fraction of sp³-hybridized carbons (Fsp3) is 0.462. The maximum Gasteiger partial charge on any atom is 0.340 e. The van der Waals surface area contributed by atoms with Crippen molar-refractivity contribution >= 4 is 5.97 Å². The molecule has 0 aliphatic carbocycles. The number of rotatable bonds is 4. The molecule has 0 spiro atoms. The van der Waals surface area contributed by atoms with Crippen molar-refractivity contribution in [2.45, 2.75) is 30.7 Å². The number of benzene rings is 1. The topological polar surface area (TPSA) is 116 Å². The van der Waals surface area contributed by atoms with Crippen molar-refractivity contribution in [1.29, 1.82) is 0 Å². The van der Waals surface area contributed by atoms with Crippen molar-refractivity contribution in [3.05, 3.63) is 35.9 Å². The predicted octanol–water partition coefficient (Wildman–Crippen LogP) is -1.36. The van der Waals surface area contributed by atoms with E-state index in [4.69, 9.17) is 14.6 Å². The quantitative estimate of drug-likeness (QED) is 0.505. The van der Waals surface area contributed by atoms with E-state index in [1.54, 1.807) is 18.2 Å². The maximum atomic E-state index is 11.8. The Kier molecular flexibility index (Phi) is 4.69. The van der Waals surface area contributed by atoms with Crippen LogP contribution in [0, 0.1) is 0 Å². The van der Waals surface area contributed by atoms with E-state index in [0.29, 0.717) is 0 Å². The zero-order valence-corrected chi connectivity index (χ0v) is 10.5. The van der Waals surface area contributed by atoms with E-state index in [1.807, 2.05) is 0 Å². The van der Waals surface area contributed by atoms with Crippen molar-refractivity contribution in [2.24, 2.45) is 0 Å². The molecule has 1 heterocycles. The monoisotopic (exact) mass is 284 g/mol. The molecule has 1 saturated heterocycles. The van der Waals surface area contributed by atoms with Gasteiger partial charge in [0.25, 0.3) is 0 Å². The van der Waals surface area contributed by atoms with Gasteiger partial charge in [0.15, 0.2) is 0 Å². The van der Waals surface area contributed by atoms with E-state index in [9.17, 15) is 20.1 Å². The number of hydrogen-bond acceptors (Lipinski definition) is 7. The Morgan fingerprint density at radius 3 is 2.50 bits per heavy atom. The number of aliphatic hydroxyl groups is 4. The van der Waals surface area contributed by atoms with Gasteiger partial charge in [-0.05, 0) is 12.1 Å². The van der Waals surface area contributed by atoms with Crippen LogP contribution in [-0.4, -0.2) is 63.7 Å². The Balaban J connectivity index is 2.02. The lowest BCUT2D eigenvalue weighted by atomic mass is 10.1. The minimum atomic E-state index is -1.49. The number of esters is 1.